The number of hydrogen-bond acceptors (Lipinski definition) is 7. The molecule has 3 aliphatic rings. The fourth-order valence-corrected chi connectivity index (χ4v) is 6.84. The van der Waals surface area contributed by atoms with Crippen LogP contribution in [-0.2, 0) is 9.53 Å². The molecule has 10 nitrogen and oxygen atoms in total. The smallest absolute Gasteiger partial charge is 0.407 e. The Bertz CT molecular complexity index is 1450. The highest BCUT2D eigenvalue weighted by Crippen LogP contribution is 2.39. The van der Waals surface area contributed by atoms with Crippen molar-refractivity contribution < 1.29 is 19.1 Å². The second kappa shape index (κ2) is 13.4. The van der Waals surface area contributed by atoms with E-state index < -0.39 is 6.09 Å². The first-order valence-corrected chi connectivity index (χ1v) is 16.1. The maximum atomic E-state index is 14.2. The molecule has 0 unspecified atom stereocenters. The van der Waals surface area contributed by atoms with Crippen molar-refractivity contribution in [2.75, 3.05) is 25.6 Å². The van der Waals surface area contributed by atoms with Crippen LogP contribution in [0.2, 0.25) is 0 Å². The summed E-state index contributed by atoms with van der Waals surface area (Å²) in [5, 5.41) is 7.10. The Labute approximate surface area is 259 Å². The first-order valence-electron chi connectivity index (χ1n) is 16.1. The summed E-state index contributed by atoms with van der Waals surface area (Å²) in [6, 6.07) is 8.67. The van der Waals surface area contributed by atoms with Gasteiger partial charge in [-0.3, -0.25) is 19.4 Å². The van der Waals surface area contributed by atoms with Crippen LogP contribution in [0.5, 0.6) is 5.75 Å². The van der Waals surface area contributed by atoms with Crippen LogP contribution in [0.25, 0.3) is 11.1 Å². The highest BCUT2D eigenvalue weighted by molar-refractivity contribution is 5.94. The van der Waals surface area contributed by atoms with Gasteiger partial charge in [-0.2, -0.15) is 5.10 Å². The molecule has 0 saturated heterocycles. The predicted molar refractivity (Wildman–Crippen MR) is 168 cm³/mol. The van der Waals surface area contributed by atoms with Crippen molar-refractivity contribution in [3.8, 4) is 16.9 Å². The van der Waals surface area contributed by atoms with E-state index in [1.807, 2.05) is 42.4 Å². The Balaban J connectivity index is 1.17. The van der Waals surface area contributed by atoms with E-state index in [-0.39, 0.29) is 17.9 Å². The van der Waals surface area contributed by atoms with E-state index in [4.69, 9.17) is 19.4 Å². The number of rotatable bonds is 9. The molecule has 0 radical (unpaired) electrons. The summed E-state index contributed by atoms with van der Waals surface area (Å²) in [5.74, 6) is 2.32. The Hall–Kier alpha value is -3.95. The minimum atomic E-state index is -0.414. The lowest BCUT2D eigenvalue weighted by Crippen LogP contribution is -2.42. The summed E-state index contributed by atoms with van der Waals surface area (Å²) in [7, 11) is 3.24. The number of methoxy groups -OCH3 is 1. The zero-order chi connectivity index (χ0) is 30.6. The Morgan fingerprint density at radius 1 is 1.00 bits per heavy atom. The predicted octanol–water partition coefficient (Wildman–Crippen LogP) is 6.21. The third-order valence-corrected chi connectivity index (χ3v) is 9.63. The van der Waals surface area contributed by atoms with Gasteiger partial charge < -0.3 is 14.8 Å². The highest BCUT2D eigenvalue weighted by Gasteiger charge is 2.34. The number of nitrogens with one attached hydrogen (secondary N) is 1. The van der Waals surface area contributed by atoms with Gasteiger partial charge in [-0.1, -0.05) is 0 Å². The second-order valence-electron chi connectivity index (χ2n) is 12.7. The largest absolute Gasteiger partial charge is 0.495 e. The third kappa shape index (κ3) is 6.89. The minimum Gasteiger partial charge on any atom is -0.495 e. The van der Waals surface area contributed by atoms with Gasteiger partial charge in [-0.15, -0.1) is 0 Å². The van der Waals surface area contributed by atoms with Crippen molar-refractivity contribution in [2.45, 2.75) is 89.2 Å². The Morgan fingerprint density at radius 3 is 2.45 bits per heavy atom. The topological polar surface area (TPSA) is 111 Å². The number of carbonyl (C=O) groups is 2. The van der Waals surface area contributed by atoms with Crippen LogP contribution in [0.3, 0.4) is 0 Å². The zero-order valence-electron chi connectivity index (χ0n) is 26.1. The molecule has 10 heteroatoms. The van der Waals surface area contributed by atoms with Crippen molar-refractivity contribution in [3.05, 3.63) is 54.2 Å². The molecule has 3 aromatic rings. The molecule has 6 rings (SSSR count). The molecule has 3 aliphatic carbocycles. The Morgan fingerprint density at radius 2 is 1.77 bits per heavy atom. The molecule has 2 amide bonds. The van der Waals surface area contributed by atoms with Gasteiger partial charge in [0.2, 0.25) is 5.91 Å². The summed E-state index contributed by atoms with van der Waals surface area (Å²) in [4.78, 5) is 37.5. The maximum Gasteiger partial charge on any atom is 0.407 e. The first-order chi connectivity index (χ1) is 21.4. The highest BCUT2D eigenvalue weighted by atomic mass is 16.6. The molecule has 0 spiro atoms. The van der Waals surface area contributed by atoms with E-state index in [1.165, 1.54) is 12.8 Å². The minimum absolute atomic E-state index is 0.120. The fraction of sp³-hybridized carbons (Fsp3) is 0.559. The number of hydrogen-bond donors (Lipinski definition) is 1. The van der Waals surface area contributed by atoms with Crippen molar-refractivity contribution in [2.24, 2.45) is 11.8 Å². The van der Waals surface area contributed by atoms with Crippen LogP contribution in [0.4, 0.5) is 10.6 Å². The van der Waals surface area contributed by atoms with Crippen LogP contribution in [0.15, 0.2) is 42.9 Å². The number of anilines is 1. The van der Waals surface area contributed by atoms with Crippen LogP contribution in [-0.4, -0.2) is 58.6 Å². The molecular formula is C34H44N6O4. The van der Waals surface area contributed by atoms with Crippen molar-refractivity contribution >= 4 is 17.8 Å². The number of aromatic nitrogens is 4. The summed E-state index contributed by atoms with van der Waals surface area (Å²) in [6.45, 7) is 2.64. The average molecular weight is 601 g/mol. The van der Waals surface area contributed by atoms with Gasteiger partial charge in [0.25, 0.3) is 0 Å². The normalized spacial score (nSPS) is 23.5. The summed E-state index contributed by atoms with van der Waals surface area (Å²) in [5.41, 5.74) is 4.12. The van der Waals surface area contributed by atoms with Gasteiger partial charge in [0, 0.05) is 49.1 Å². The van der Waals surface area contributed by atoms with E-state index in [1.54, 1.807) is 14.2 Å². The van der Waals surface area contributed by atoms with Crippen LogP contribution in [0.1, 0.15) is 87.6 Å². The monoisotopic (exact) mass is 600 g/mol. The number of amides is 2. The van der Waals surface area contributed by atoms with Crippen molar-refractivity contribution in [3.63, 3.8) is 0 Å². The molecule has 3 aromatic heterocycles. The maximum absolute atomic E-state index is 14.2. The van der Waals surface area contributed by atoms with Gasteiger partial charge in [-0.05, 0) is 107 Å². The number of ether oxygens (including phenoxy) is 2. The van der Waals surface area contributed by atoms with Gasteiger partial charge in [0.15, 0.2) is 0 Å². The average Bonchev–Trinajstić information content (AvgIpc) is 3.79. The number of carbonyl (C=O) groups excluding carboxylic acids is 2. The van der Waals surface area contributed by atoms with E-state index in [2.05, 4.69) is 27.4 Å². The molecule has 3 fully saturated rings. The zero-order valence-corrected chi connectivity index (χ0v) is 26.1. The molecule has 3 saturated carbocycles. The van der Waals surface area contributed by atoms with E-state index in [9.17, 15) is 9.59 Å². The quantitative estimate of drug-likeness (QED) is 0.311. The van der Waals surface area contributed by atoms with Gasteiger partial charge >= 0.3 is 6.09 Å². The molecule has 0 atom stereocenters. The lowest BCUT2D eigenvalue weighted by atomic mass is 9.79. The van der Waals surface area contributed by atoms with Crippen LogP contribution >= 0.6 is 0 Å². The van der Waals surface area contributed by atoms with E-state index in [0.29, 0.717) is 55.9 Å². The summed E-state index contributed by atoms with van der Waals surface area (Å²) >= 11 is 0. The number of pyridine rings is 2. The van der Waals surface area contributed by atoms with Gasteiger partial charge in [0.05, 0.1) is 25.0 Å². The SMILES string of the molecule is CNC(=O)OC1CCC(C(=O)N(CC2CCC(c3ccc(OC)c(C)n3)CC2)c2cc(-c3cnn(C4CC4)c3)ccn2)CC1. The van der Waals surface area contributed by atoms with E-state index >= 15 is 0 Å². The lowest BCUT2D eigenvalue weighted by molar-refractivity contribution is -0.124. The molecule has 0 aliphatic heterocycles. The molecule has 0 bridgehead atoms. The van der Waals surface area contributed by atoms with Crippen LogP contribution < -0.4 is 15.0 Å². The first kappa shape index (κ1) is 30.1. The number of nitrogens with zero attached hydrogens (tertiary/aromatic N) is 5. The fourth-order valence-electron chi connectivity index (χ4n) is 6.84. The number of aryl methyl sites for hydroxylation is 1. The molecule has 44 heavy (non-hydrogen) atoms. The molecule has 3 heterocycles. The molecule has 0 aromatic carbocycles. The van der Waals surface area contributed by atoms with Crippen LogP contribution in [0, 0.1) is 18.8 Å². The summed E-state index contributed by atoms with van der Waals surface area (Å²) < 4.78 is 12.9. The van der Waals surface area contributed by atoms with Gasteiger partial charge in [0.1, 0.15) is 17.7 Å². The van der Waals surface area contributed by atoms with Gasteiger partial charge in [-0.25, -0.2) is 9.78 Å². The van der Waals surface area contributed by atoms with Crippen molar-refractivity contribution in [1.82, 2.24) is 25.1 Å². The molecule has 1 N–H and O–H groups in total. The second-order valence-corrected chi connectivity index (χ2v) is 12.7. The lowest BCUT2D eigenvalue weighted by Gasteiger charge is -2.35. The molecular weight excluding hydrogens is 556 g/mol. The summed E-state index contributed by atoms with van der Waals surface area (Å²) in [6.07, 6.45) is 14.5. The number of alkyl carbamates (subject to hydrolysis) is 1. The standard InChI is InChI=1S/C34H44N6O4/c1-22-31(43-3)15-14-30(38-22)24-6-4-23(5-7-24)20-39(33(41)25-8-12-29(13-9-25)44-34(42)35-2)32-18-26(16-17-36-32)27-19-37-40(21-27)28-10-11-28/h14-19,21,23-25,28-29H,4-13,20H2,1-3H3,(H,35,42). The van der Waals surface area contributed by atoms with Crippen molar-refractivity contribution in [1.29, 1.82) is 0 Å². The molecule has 234 valence electrons. The Kier molecular flexibility index (Phi) is 9.14. The third-order valence-electron chi connectivity index (χ3n) is 9.63. The van der Waals surface area contributed by atoms with E-state index in [0.717, 1.165) is 53.9 Å².